The van der Waals surface area contributed by atoms with Gasteiger partial charge < -0.3 is 14.8 Å². The van der Waals surface area contributed by atoms with E-state index >= 15 is 0 Å². The summed E-state index contributed by atoms with van der Waals surface area (Å²) in [5.41, 5.74) is 1.40. The van der Waals surface area contributed by atoms with Gasteiger partial charge in [0.1, 0.15) is 13.1 Å². The second-order valence-electron chi connectivity index (χ2n) is 4.82. The summed E-state index contributed by atoms with van der Waals surface area (Å²) in [6, 6.07) is 7.08. The van der Waals surface area contributed by atoms with Gasteiger partial charge in [0, 0.05) is 14.1 Å². The van der Waals surface area contributed by atoms with E-state index in [4.69, 9.17) is 0 Å². The highest BCUT2D eigenvalue weighted by molar-refractivity contribution is 5.80. The number of alkyl halides is 3. The van der Waals surface area contributed by atoms with Crippen molar-refractivity contribution in [1.82, 2.24) is 19.8 Å². The minimum absolute atomic E-state index is 0.184. The number of halogens is 3. The second-order valence-corrected chi connectivity index (χ2v) is 4.82. The van der Waals surface area contributed by atoms with E-state index in [0.717, 1.165) is 6.41 Å². The Kier molecular flexibility index (Phi) is 6.55. The summed E-state index contributed by atoms with van der Waals surface area (Å²) in [7, 11) is 3.38. The van der Waals surface area contributed by atoms with Crippen molar-refractivity contribution in [3.63, 3.8) is 0 Å². The van der Waals surface area contributed by atoms with Crippen molar-refractivity contribution < 1.29 is 22.8 Å². The Labute approximate surface area is 130 Å². The molecule has 1 aromatic carbocycles. The number of imidazole rings is 1. The number of para-hydroxylation sites is 2. The maximum atomic E-state index is 11.9. The van der Waals surface area contributed by atoms with Crippen LogP contribution in [0.1, 0.15) is 0 Å². The average molecular weight is 330 g/mol. The van der Waals surface area contributed by atoms with Crippen LogP contribution in [-0.4, -0.2) is 53.6 Å². The fourth-order valence-corrected chi connectivity index (χ4v) is 1.55. The van der Waals surface area contributed by atoms with Crippen LogP contribution in [0.2, 0.25) is 0 Å². The molecule has 1 heterocycles. The van der Waals surface area contributed by atoms with E-state index in [1.165, 1.54) is 15.8 Å². The van der Waals surface area contributed by atoms with Crippen LogP contribution in [-0.2, 0) is 16.1 Å². The zero-order chi connectivity index (χ0) is 17.5. The summed E-state index contributed by atoms with van der Waals surface area (Å²) in [4.78, 5) is 26.3. The molecule has 0 fully saturated rings. The smallest absolute Gasteiger partial charge is 0.351 e. The van der Waals surface area contributed by atoms with E-state index in [1.54, 1.807) is 38.4 Å². The number of benzene rings is 1. The Morgan fingerprint density at radius 1 is 1.35 bits per heavy atom. The van der Waals surface area contributed by atoms with Gasteiger partial charge in [0.05, 0.1) is 17.4 Å². The maximum Gasteiger partial charge on any atom is 0.405 e. The van der Waals surface area contributed by atoms with Crippen molar-refractivity contribution >= 4 is 23.4 Å². The van der Waals surface area contributed by atoms with Crippen LogP contribution >= 0.6 is 0 Å². The van der Waals surface area contributed by atoms with E-state index < -0.39 is 18.6 Å². The number of amides is 2. The zero-order valence-electron chi connectivity index (χ0n) is 12.7. The molecule has 1 aromatic heterocycles. The van der Waals surface area contributed by atoms with Crippen molar-refractivity contribution in [2.75, 3.05) is 20.6 Å². The number of rotatable bonds is 4. The van der Waals surface area contributed by atoms with Crippen LogP contribution in [0.5, 0.6) is 0 Å². The Hall–Kier alpha value is -2.58. The topological polar surface area (TPSA) is 67.2 Å². The summed E-state index contributed by atoms with van der Waals surface area (Å²) in [5, 5.41) is 1.81. The lowest BCUT2D eigenvalue weighted by Crippen LogP contribution is -2.35. The third-order valence-electron chi connectivity index (χ3n) is 2.54. The molecule has 9 heteroatoms. The molecule has 0 bridgehead atoms. The molecule has 2 rings (SSSR count). The number of nitrogens with zero attached hydrogens (tertiary/aromatic N) is 3. The lowest BCUT2D eigenvalue weighted by atomic mass is 10.3. The second kappa shape index (κ2) is 8.16. The molecule has 0 spiro atoms. The number of hydrogen-bond donors (Lipinski definition) is 1. The number of fused-ring (bicyclic) bond motifs is 1. The molecule has 2 amide bonds. The van der Waals surface area contributed by atoms with Crippen LogP contribution < -0.4 is 5.32 Å². The van der Waals surface area contributed by atoms with Gasteiger partial charge >= 0.3 is 6.18 Å². The highest BCUT2D eigenvalue weighted by Crippen LogP contribution is 2.13. The lowest BCUT2D eigenvalue weighted by Gasteiger charge is -2.09. The molecule has 23 heavy (non-hydrogen) atoms. The van der Waals surface area contributed by atoms with Crippen molar-refractivity contribution in [2.45, 2.75) is 12.7 Å². The van der Waals surface area contributed by atoms with Crippen molar-refractivity contribution in [1.29, 1.82) is 0 Å². The van der Waals surface area contributed by atoms with Gasteiger partial charge in [-0.2, -0.15) is 13.2 Å². The average Bonchev–Trinajstić information content (AvgIpc) is 2.88. The predicted octanol–water partition coefficient (Wildman–Crippen LogP) is 1.42. The number of carbonyl (C=O) groups excluding carboxylic acids is 2. The van der Waals surface area contributed by atoms with E-state index in [-0.39, 0.29) is 6.54 Å². The van der Waals surface area contributed by atoms with E-state index in [0.29, 0.717) is 11.0 Å². The maximum absolute atomic E-state index is 11.9. The summed E-state index contributed by atoms with van der Waals surface area (Å²) >= 11 is 0. The number of nitrogens with one attached hydrogen (secondary N) is 1. The number of aromatic nitrogens is 2. The molecule has 0 saturated carbocycles. The van der Waals surface area contributed by atoms with E-state index in [9.17, 15) is 22.8 Å². The molecular formula is C14H17F3N4O2. The largest absolute Gasteiger partial charge is 0.405 e. The van der Waals surface area contributed by atoms with Crippen LogP contribution in [0.4, 0.5) is 13.2 Å². The Morgan fingerprint density at radius 3 is 2.52 bits per heavy atom. The molecule has 126 valence electrons. The summed E-state index contributed by atoms with van der Waals surface area (Å²) < 4.78 is 37.2. The third-order valence-corrected chi connectivity index (χ3v) is 2.54. The Morgan fingerprint density at radius 2 is 1.96 bits per heavy atom. The van der Waals surface area contributed by atoms with Gasteiger partial charge in [-0.3, -0.25) is 9.59 Å². The number of hydrogen-bond acceptors (Lipinski definition) is 3. The van der Waals surface area contributed by atoms with Crippen molar-refractivity contribution in [2.24, 2.45) is 0 Å². The third kappa shape index (κ3) is 6.81. The molecule has 2 aromatic rings. The summed E-state index contributed by atoms with van der Waals surface area (Å²) in [5.74, 6) is -0.699. The normalized spacial score (nSPS) is 10.7. The fourth-order valence-electron chi connectivity index (χ4n) is 1.55. The van der Waals surface area contributed by atoms with Crippen molar-refractivity contribution in [3.05, 3.63) is 30.6 Å². The molecule has 0 atom stereocenters. The first kappa shape index (κ1) is 18.5. The SMILES string of the molecule is CN(C)C=O.O=C(Cn1cnc2ccccc21)NCC(F)(F)F. The first-order chi connectivity index (χ1) is 10.7. The van der Waals surface area contributed by atoms with Gasteiger partial charge in [-0.15, -0.1) is 0 Å². The first-order valence-corrected chi connectivity index (χ1v) is 6.58. The van der Waals surface area contributed by atoms with Crippen LogP contribution in [0.3, 0.4) is 0 Å². The highest BCUT2D eigenvalue weighted by Gasteiger charge is 2.27. The minimum Gasteiger partial charge on any atom is -0.351 e. The fraction of sp³-hybridized carbons (Fsp3) is 0.357. The predicted molar refractivity (Wildman–Crippen MR) is 78.5 cm³/mol. The molecular weight excluding hydrogens is 313 g/mol. The van der Waals surface area contributed by atoms with Crippen LogP contribution in [0, 0.1) is 0 Å². The quantitative estimate of drug-likeness (QED) is 0.862. The molecule has 6 nitrogen and oxygen atoms in total. The molecule has 0 unspecified atom stereocenters. The van der Waals surface area contributed by atoms with Gasteiger partial charge in [-0.25, -0.2) is 4.98 Å². The van der Waals surface area contributed by atoms with Crippen LogP contribution in [0.25, 0.3) is 11.0 Å². The number of carbonyl (C=O) groups is 2. The van der Waals surface area contributed by atoms with Crippen LogP contribution in [0.15, 0.2) is 30.6 Å². The summed E-state index contributed by atoms with van der Waals surface area (Å²) in [6.07, 6.45) is -2.22. The monoisotopic (exact) mass is 330 g/mol. The Bertz CT molecular complexity index is 653. The molecule has 0 radical (unpaired) electrons. The molecule has 0 aliphatic carbocycles. The van der Waals surface area contributed by atoms with Gasteiger partial charge in [0.25, 0.3) is 0 Å². The van der Waals surface area contributed by atoms with Gasteiger partial charge in [-0.05, 0) is 12.1 Å². The van der Waals surface area contributed by atoms with Gasteiger partial charge in [-0.1, -0.05) is 12.1 Å². The van der Waals surface area contributed by atoms with Gasteiger partial charge in [0.2, 0.25) is 12.3 Å². The lowest BCUT2D eigenvalue weighted by molar-refractivity contribution is -0.138. The van der Waals surface area contributed by atoms with Crippen molar-refractivity contribution in [3.8, 4) is 0 Å². The molecule has 0 aliphatic heterocycles. The molecule has 0 aliphatic rings. The Balaban J connectivity index is 0.000000463. The zero-order valence-corrected chi connectivity index (χ0v) is 12.7. The summed E-state index contributed by atoms with van der Waals surface area (Å²) in [6.45, 7) is -1.50. The molecule has 0 saturated heterocycles. The van der Waals surface area contributed by atoms with E-state index in [2.05, 4.69) is 4.98 Å². The highest BCUT2D eigenvalue weighted by atomic mass is 19.4. The van der Waals surface area contributed by atoms with Gasteiger partial charge in [0.15, 0.2) is 0 Å². The first-order valence-electron chi connectivity index (χ1n) is 6.58. The molecule has 1 N–H and O–H groups in total. The minimum atomic E-state index is -4.40. The van der Waals surface area contributed by atoms with E-state index in [1.807, 2.05) is 5.32 Å². The standard InChI is InChI=1S/C11H10F3N3O.C3H7NO/c12-11(13,14)6-15-10(18)5-17-7-16-8-3-1-2-4-9(8)17;1-4(2)3-5/h1-4,7H,5-6H2,(H,15,18);3H,1-2H3.